The summed E-state index contributed by atoms with van der Waals surface area (Å²) in [6.45, 7) is 5.32. The smallest absolute Gasteiger partial charge is 0.100 e. The maximum Gasteiger partial charge on any atom is 0.100 e. The highest BCUT2D eigenvalue weighted by molar-refractivity contribution is 14.1. The van der Waals surface area contributed by atoms with Crippen molar-refractivity contribution in [3.05, 3.63) is 24.6 Å². The van der Waals surface area contributed by atoms with E-state index in [1.165, 1.54) is 0 Å². The standard InChI is InChI=1S/C6H9IN2/c1-3-6(7)9-4-5(2)8/h3-4H,1,8H2,2H3/b5-4-,9-6?. The zero-order valence-corrected chi connectivity index (χ0v) is 7.42. The molecule has 0 amide bonds. The SMILES string of the molecule is C=CC(I)=N/C=C(/C)N. The molecule has 0 saturated heterocycles. The van der Waals surface area contributed by atoms with Gasteiger partial charge in [0.2, 0.25) is 0 Å². The van der Waals surface area contributed by atoms with E-state index in [9.17, 15) is 0 Å². The molecule has 0 aromatic carbocycles. The average molecular weight is 236 g/mol. The van der Waals surface area contributed by atoms with Crippen LogP contribution in [0.3, 0.4) is 0 Å². The first-order valence-electron chi connectivity index (χ1n) is 2.45. The maximum absolute atomic E-state index is 5.31. The van der Waals surface area contributed by atoms with Crippen LogP contribution < -0.4 is 5.73 Å². The minimum Gasteiger partial charge on any atom is -0.401 e. The molecule has 0 aromatic rings. The molecular formula is C6H9IN2. The van der Waals surface area contributed by atoms with E-state index in [1.807, 2.05) is 0 Å². The van der Waals surface area contributed by atoms with Gasteiger partial charge >= 0.3 is 0 Å². The predicted molar refractivity (Wildman–Crippen MR) is 49.6 cm³/mol. The Morgan fingerprint density at radius 2 is 2.33 bits per heavy atom. The van der Waals surface area contributed by atoms with Crippen LogP contribution in [0.1, 0.15) is 6.92 Å². The lowest BCUT2D eigenvalue weighted by molar-refractivity contribution is 1.28. The third kappa shape index (κ3) is 5.55. The summed E-state index contributed by atoms with van der Waals surface area (Å²) in [7, 11) is 0. The van der Waals surface area contributed by atoms with Gasteiger partial charge in [0.1, 0.15) is 3.72 Å². The molecule has 0 atom stereocenters. The summed E-state index contributed by atoms with van der Waals surface area (Å²) in [5, 5.41) is 0. The third-order valence-corrected chi connectivity index (χ3v) is 1.28. The highest BCUT2D eigenvalue weighted by atomic mass is 127. The third-order valence-electron chi connectivity index (χ3n) is 0.560. The van der Waals surface area contributed by atoms with Gasteiger partial charge in [0, 0.05) is 11.9 Å². The number of rotatable bonds is 2. The van der Waals surface area contributed by atoms with Gasteiger partial charge in [-0.25, -0.2) is 4.99 Å². The first kappa shape index (κ1) is 8.68. The topological polar surface area (TPSA) is 38.4 Å². The lowest BCUT2D eigenvalue weighted by atomic mass is 10.6. The number of aliphatic imine (C=N–C) groups is 1. The molecule has 0 heterocycles. The van der Waals surface area contributed by atoms with Gasteiger partial charge in [0.25, 0.3) is 0 Å². The van der Waals surface area contributed by atoms with Crippen LogP contribution in [0, 0.1) is 0 Å². The average Bonchev–Trinajstić information content (AvgIpc) is 1.83. The molecule has 0 aliphatic heterocycles. The summed E-state index contributed by atoms with van der Waals surface area (Å²) in [5.74, 6) is 0. The summed E-state index contributed by atoms with van der Waals surface area (Å²) < 4.78 is 0.845. The van der Waals surface area contributed by atoms with Crippen molar-refractivity contribution in [2.75, 3.05) is 0 Å². The van der Waals surface area contributed by atoms with E-state index in [4.69, 9.17) is 5.73 Å². The Kier molecular flexibility index (Phi) is 4.39. The number of hydrogen-bond acceptors (Lipinski definition) is 2. The van der Waals surface area contributed by atoms with E-state index >= 15 is 0 Å². The first-order chi connectivity index (χ1) is 4.16. The molecule has 0 fully saturated rings. The highest BCUT2D eigenvalue weighted by Gasteiger charge is 1.78. The van der Waals surface area contributed by atoms with Crippen molar-refractivity contribution in [3.8, 4) is 0 Å². The Balaban J connectivity index is 3.98. The second-order valence-electron chi connectivity index (χ2n) is 1.53. The van der Waals surface area contributed by atoms with Crippen LogP contribution in [0.25, 0.3) is 0 Å². The van der Waals surface area contributed by atoms with Crippen molar-refractivity contribution in [1.82, 2.24) is 0 Å². The van der Waals surface area contributed by atoms with E-state index < -0.39 is 0 Å². The van der Waals surface area contributed by atoms with Crippen LogP contribution in [0.4, 0.5) is 0 Å². The van der Waals surface area contributed by atoms with Gasteiger partial charge in [-0.2, -0.15) is 0 Å². The summed E-state index contributed by atoms with van der Waals surface area (Å²) in [4.78, 5) is 3.94. The maximum atomic E-state index is 5.31. The predicted octanol–water partition coefficient (Wildman–Crippen LogP) is 1.83. The van der Waals surface area contributed by atoms with E-state index in [2.05, 4.69) is 34.2 Å². The zero-order valence-electron chi connectivity index (χ0n) is 5.26. The molecule has 2 nitrogen and oxygen atoms in total. The Bertz CT molecular complexity index is 154. The molecule has 0 saturated carbocycles. The normalized spacial score (nSPS) is 13.6. The van der Waals surface area contributed by atoms with Crippen LogP contribution in [0.5, 0.6) is 0 Å². The molecule has 0 aromatic heterocycles. The van der Waals surface area contributed by atoms with Crippen molar-refractivity contribution in [3.63, 3.8) is 0 Å². The minimum atomic E-state index is 0.700. The molecule has 0 radical (unpaired) electrons. The van der Waals surface area contributed by atoms with Crippen molar-refractivity contribution in [2.45, 2.75) is 6.92 Å². The molecule has 50 valence electrons. The molecule has 2 N–H and O–H groups in total. The van der Waals surface area contributed by atoms with Gasteiger partial charge < -0.3 is 5.73 Å². The largest absolute Gasteiger partial charge is 0.401 e. The Hall–Kier alpha value is -0.320. The molecule has 0 rings (SSSR count). The molecule has 0 spiro atoms. The van der Waals surface area contributed by atoms with E-state index in [-0.39, 0.29) is 0 Å². The minimum absolute atomic E-state index is 0.700. The monoisotopic (exact) mass is 236 g/mol. The summed E-state index contributed by atoms with van der Waals surface area (Å²) in [5.41, 5.74) is 6.01. The molecule has 0 bridgehead atoms. The van der Waals surface area contributed by atoms with Crippen LogP contribution >= 0.6 is 22.6 Å². The van der Waals surface area contributed by atoms with Gasteiger partial charge in [0.05, 0.1) is 0 Å². The molecule has 9 heavy (non-hydrogen) atoms. The second-order valence-corrected chi connectivity index (χ2v) is 2.63. The Morgan fingerprint density at radius 3 is 2.67 bits per heavy atom. The summed E-state index contributed by atoms with van der Waals surface area (Å²) >= 11 is 2.07. The fourth-order valence-electron chi connectivity index (χ4n) is 0.216. The lowest BCUT2D eigenvalue weighted by Crippen LogP contribution is -1.88. The fourth-order valence-corrected chi connectivity index (χ4v) is 0.355. The van der Waals surface area contributed by atoms with Crippen LogP contribution in [0.15, 0.2) is 29.5 Å². The quantitative estimate of drug-likeness (QED) is 0.576. The Morgan fingerprint density at radius 1 is 1.78 bits per heavy atom. The molecule has 0 unspecified atom stereocenters. The number of hydrogen-bond donors (Lipinski definition) is 1. The fraction of sp³-hybridized carbons (Fsp3) is 0.167. The van der Waals surface area contributed by atoms with E-state index in [0.717, 1.165) is 3.72 Å². The van der Waals surface area contributed by atoms with E-state index in [0.29, 0.717) is 5.70 Å². The zero-order chi connectivity index (χ0) is 7.28. The van der Waals surface area contributed by atoms with Crippen LogP contribution in [-0.2, 0) is 0 Å². The van der Waals surface area contributed by atoms with Crippen LogP contribution in [-0.4, -0.2) is 3.72 Å². The number of nitrogens with two attached hydrogens (primary N) is 1. The number of halogens is 1. The lowest BCUT2D eigenvalue weighted by Gasteiger charge is -1.84. The van der Waals surface area contributed by atoms with Gasteiger partial charge in [-0.3, -0.25) is 0 Å². The van der Waals surface area contributed by atoms with Gasteiger partial charge in [-0.05, 0) is 35.6 Å². The van der Waals surface area contributed by atoms with Crippen molar-refractivity contribution >= 4 is 26.3 Å². The highest BCUT2D eigenvalue weighted by Crippen LogP contribution is 1.93. The molecular weight excluding hydrogens is 227 g/mol. The van der Waals surface area contributed by atoms with Gasteiger partial charge in [-0.15, -0.1) is 0 Å². The summed E-state index contributed by atoms with van der Waals surface area (Å²) in [6.07, 6.45) is 3.27. The molecule has 0 aliphatic carbocycles. The van der Waals surface area contributed by atoms with Crippen molar-refractivity contribution in [2.24, 2.45) is 10.7 Å². The summed E-state index contributed by atoms with van der Waals surface area (Å²) in [6, 6.07) is 0. The van der Waals surface area contributed by atoms with Crippen molar-refractivity contribution < 1.29 is 0 Å². The van der Waals surface area contributed by atoms with E-state index in [1.54, 1.807) is 19.2 Å². The Labute approximate surface area is 68.7 Å². The second kappa shape index (κ2) is 4.55. The van der Waals surface area contributed by atoms with Crippen LogP contribution in [0.2, 0.25) is 0 Å². The number of nitrogens with zero attached hydrogens (tertiary/aromatic N) is 1. The first-order valence-corrected chi connectivity index (χ1v) is 3.52. The van der Waals surface area contributed by atoms with Gasteiger partial charge in [-0.1, -0.05) is 6.58 Å². The molecule has 0 aliphatic rings. The van der Waals surface area contributed by atoms with Crippen molar-refractivity contribution in [1.29, 1.82) is 0 Å². The molecule has 3 heteroatoms. The number of allylic oxidation sites excluding steroid dienone is 2. The van der Waals surface area contributed by atoms with Gasteiger partial charge in [0.15, 0.2) is 0 Å².